The highest BCUT2D eigenvalue weighted by molar-refractivity contribution is 5.47. The fourth-order valence-corrected chi connectivity index (χ4v) is 1.57. The third-order valence-corrected chi connectivity index (χ3v) is 2.51. The summed E-state index contributed by atoms with van der Waals surface area (Å²) in [4.78, 5) is 2.25. The van der Waals surface area contributed by atoms with E-state index in [4.69, 9.17) is 10.8 Å². The molecule has 0 atom stereocenters. The summed E-state index contributed by atoms with van der Waals surface area (Å²) in [6.07, 6.45) is 0.812. The van der Waals surface area contributed by atoms with Crippen molar-refractivity contribution in [3.63, 3.8) is 0 Å². The van der Waals surface area contributed by atoms with Crippen molar-refractivity contribution in [1.82, 2.24) is 0 Å². The monoisotopic (exact) mass is 208 g/mol. The van der Waals surface area contributed by atoms with Gasteiger partial charge in [-0.1, -0.05) is 12.1 Å². The number of aliphatic hydroxyl groups is 1. The summed E-state index contributed by atoms with van der Waals surface area (Å²) in [5.41, 5.74) is 7.89. The highest BCUT2D eigenvalue weighted by Crippen LogP contribution is 2.15. The van der Waals surface area contributed by atoms with Crippen molar-refractivity contribution in [2.24, 2.45) is 5.73 Å². The van der Waals surface area contributed by atoms with Crippen LogP contribution in [-0.2, 0) is 6.54 Å². The fourth-order valence-electron chi connectivity index (χ4n) is 1.57. The lowest BCUT2D eigenvalue weighted by Crippen LogP contribution is -2.24. The number of anilines is 1. The van der Waals surface area contributed by atoms with E-state index in [0.717, 1.165) is 25.1 Å². The molecule has 0 saturated heterocycles. The molecule has 0 aromatic heterocycles. The van der Waals surface area contributed by atoms with Gasteiger partial charge in [-0.2, -0.15) is 0 Å². The largest absolute Gasteiger partial charge is 0.396 e. The minimum atomic E-state index is 0.247. The van der Waals surface area contributed by atoms with E-state index in [0.29, 0.717) is 6.54 Å². The number of hydrogen-bond donors (Lipinski definition) is 2. The summed E-state index contributed by atoms with van der Waals surface area (Å²) in [5, 5.41) is 8.80. The van der Waals surface area contributed by atoms with Crippen molar-refractivity contribution >= 4 is 5.69 Å². The normalized spacial score (nSPS) is 10.3. The lowest BCUT2D eigenvalue weighted by atomic mass is 10.2. The molecule has 15 heavy (non-hydrogen) atoms. The first-order chi connectivity index (χ1) is 7.31. The van der Waals surface area contributed by atoms with E-state index in [9.17, 15) is 0 Å². The lowest BCUT2D eigenvalue weighted by molar-refractivity contribution is 0.289. The molecule has 0 fully saturated rings. The molecule has 0 radical (unpaired) electrons. The second-order valence-electron chi connectivity index (χ2n) is 3.53. The van der Waals surface area contributed by atoms with E-state index >= 15 is 0 Å². The van der Waals surface area contributed by atoms with Gasteiger partial charge in [-0.05, 0) is 31.0 Å². The maximum absolute atomic E-state index is 8.80. The fraction of sp³-hybridized carbons (Fsp3) is 0.500. The summed E-state index contributed by atoms with van der Waals surface area (Å²) in [5.74, 6) is 0. The SMILES string of the molecule is CCN(CCCO)c1ccc(CN)cc1. The van der Waals surface area contributed by atoms with Crippen molar-refractivity contribution in [1.29, 1.82) is 0 Å². The summed E-state index contributed by atoms with van der Waals surface area (Å²) in [6, 6.07) is 8.28. The first-order valence-electron chi connectivity index (χ1n) is 5.46. The molecule has 3 nitrogen and oxygen atoms in total. The van der Waals surface area contributed by atoms with Crippen LogP contribution < -0.4 is 10.6 Å². The van der Waals surface area contributed by atoms with E-state index < -0.39 is 0 Å². The minimum absolute atomic E-state index is 0.247. The van der Waals surface area contributed by atoms with Gasteiger partial charge in [-0.15, -0.1) is 0 Å². The molecule has 1 aromatic rings. The summed E-state index contributed by atoms with van der Waals surface area (Å²) in [6.45, 7) is 4.81. The van der Waals surface area contributed by atoms with Crippen LogP contribution in [0.3, 0.4) is 0 Å². The third kappa shape index (κ3) is 3.53. The molecule has 3 heteroatoms. The van der Waals surface area contributed by atoms with Gasteiger partial charge in [0, 0.05) is 31.9 Å². The summed E-state index contributed by atoms with van der Waals surface area (Å²) < 4.78 is 0. The average Bonchev–Trinajstić information content (AvgIpc) is 2.31. The van der Waals surface area contributed by atoms with Crippen molar-refractivity contribution < 1.29 is 5.11 Å². The van der Waals surface area contributed by atoms with E-state index in [-0.39, 0.29) is 6.61 Å². The zero-order valence-electron chi connectivity index (χ0n) is 9.32. The topological polar surface area (TPSA) is 49.5 Å². The van der Waals surface area contributed by atoms with Crippen LogP contribution in [0.1, 0.15) is 18.9 Å². The molecular formula is C12H20N2O. The molecular weight excluding hydrogens is 188 g/mol. The van der Waals surface area contributed by atoms with Crippen LogP contribution in [0.5, 0.6) is 0 Å². The molecule has 0 aliphatic heterocycles. The standard InChI is InChI=1S/C12H20N2O/c1-2-14(8-3-9-15)12-6-4-11(10-13)5-7-12/h4-7,15H,2-3,8-10,13H2,1H3. The van der Waals surface area contributed by atoms with Gasteiger partial charge in [0.05, 0.1) is 0 Å². The number of benzene rings is 1. The first kappa shape index (κ1) is 12.0. The van der Waals surface area contributed by atoms with Gasteiger partial charge in [0.1, 0.15) is 0 Å². The van der Waals surface area contributed by atoms with Crippen molar-refractivity contribution in [2.75, 3.05) is 24.6 Å². The quantitative estimate of drug-likeness (QED) is 0.742. The van der Waals surface area contributed by atoms with Crippen molar-refractivity contribution in [3.05, 3.63) is 29.8 Å². The molecule has 0 heterocycles. The molecule has 1 rings (SSSR count). The van der Waals surface area contributed by atoms with E-state index in [1.807, 2.05) is 0 Å². The molecule has 0 amide bonds. The van der Waals surface area contributed by atoms with Crippen LogP contribution in [0.4, 0.5) is 5.69 Å². The van der Waals surface area contributed by atoms with E-state index in [1.165, 1.54) is 5.69 Å². The Morgan fingerprint density at radius 1 is 1.27 bits per heavy atom. The Bertz CT molecular complexity index is 271. The molecule has 0 bridgehead atoms. The van der Waals surface area contributed by atoms with Crippen molar-refractivity contribution in [3.8, 4) is 0 Å². The lowest BCUT2D eigenvalue weighted by Gasteiger charge is -2.22. The molecule has 0 saturated carbocycles. The summed E-state index contributed by atoms with van der Waals surface area (Å²) >= 11 is 0. The van der Waals surface area contributed by atoms with Gasteiger partial charge in [-0.25, -0.2) is 0 Å². The van der Waals surface area contributed by atoms with Gasteiger partial charge < -0.3 is 15.7 Å². The van der Waals surface area contributed by atoms with Crippen LogP contribution in [0.25, 0.3) is 0 Å². The molecule has 0 aliphatic rings. The smallest absolute Gasteiger partial charge is 0.0447 e. The average molecular weight is 208 g/mol. The van der Waals surface area contributed by atoms with Crippen LogP contribution in [0.2, 0.25) is 0 Å². The molecule has 0 unspecified atom stereocenters. The molecule has 0 spiro atoms. The van der Waals surface area contributed by atoms with Crippen LogP contribution in [0.15, 0.2) is 24.3 Å². The molecule has 3 N–H and O–H groups in total. The Hall–Kier alpha value is -1.06. The molecule has 1 aromatic carbocycles. The van der Waals surface area contributed by atoms with E-state index in [2.05, 4.69) is 36.1 Å². The number of nitrogens with two attached hydrogens (primary N) is 1. The summed E-state index contributed by atoms with van der Waals surface area (Å²) in [7, 11) is 0. The van der Waals surface area contributed by atoms with Gasteiger partial charge in [-0.3, -0.25) is 0 Å². The number of nitrogens with zero attached hydrogens (tertiary/aromatic N) is 1. The maximum Gasteiger partial charge on any atom is 0.0447 e. The maximum atomic E-state index is 8.80. The van der Waals surface area contributed by atoms with Gasteiger partial charge >= 0.3 is 0 Å². The highest BCUT2D eigenvalue weighted by Gasteiger charge is 2.02. The Morgan fingerprint density at radius 3 is 2.40 bits per heavy atom. The number of rotatable bonds is 6. The molecule has 84 valence electrons. The zero-order chi connectivity index (χ0) is 11.1. The molecule has 0 aliphatic carbocycles. The Balaban J connectivity index is 2.65. The second kappa shape index (κ2) is 6.43. The van der Waals surface area contributed by atoms with Crippen LogP contribution in [-0.4, -0.2) is 24.8 Å². The van der Waals surface area contributed by atoms with Crippen LogP contribution >= 0.6 is 0 Å². The number of hydrogen-bond acceptors (Lipinski definition) is 3. The van der Waals surface area contributed by atoms with Gasteiger partial charge in [0.2, 0.25) is 0 Å². The van der Waals surface area contributed by atoms with Crippen LogP contribution in [0, 0.1) is 0 Å². The minimum Gasteiger partial charge on any atom is -0.396 e. The zero-order valence-corrected chi connectivity index (χ0v) is 9.32. The van der Waals surface area contributed by atoms with E-state index in [1.54, 1.807) is 0 Å². The van der Waals surface area contributed by atoms with Gasteiger partial charge in [0.15, 0.2) is 0 Å². The third-order valence-electron chi connectivity index (χ3n) is 2.51. The second-order valence-corrected chi connectivity index (χ2v) is 3.53. The Labute approximate surface area is 91.5 Å². The predicted octanol–water partition coefficient (Wildman–Crippen LogP) is 1.35. The Morgan fingerprint density at radius 2 is 1.93 bits per heavy atom. The Kier molecular flexibility index (Phi) is 5.15. The highest BCUT2D eigenvalue weighted by atomic mass is 16.3. The number of aliphatic hydroxyl groups excluding tert-OH is 1. The first-order valence-corrected chi connectivity index (χ1v) is 5.46. The predicted molar refractivity (Wildman–Crippen MR) is 63.9 cm³/mol. The van der Waals surface area contributed by atoms with Crippen molar-refractivity contribution in [2.45, 2.75) is 19.9 Å². The van der Waals surface area contributed by atoms with Gasteiger partial charge in [0.25, 0.3) is 0 Å².